The van der Waals surface area contributed by atoms with Gasteiger partial charge in [-0.25, -0.2) is 8.42 Å². The molecular formula is C8H15ClO3S. The molecule has 1 N–H and O–H groups in total. The normalized spacial score (nSPS) is 33.1. The van der Waals surface area contributed by atoms with E-state index < -0.39 is 20.7 Å². The van der Waals surface area contributed by atoms with E-state index in [1.165, 1.54) is 0 Å². The Balaban J connectivity index is 2.95. The summed E-state index contributed by atoms with van der Waals surface area (Å²) < 4.78 is 22.3. The molecule has 13 heavy (non-hydrogen) atoms. The molecule has 1 fully saturated rings. The number of hydrogen-bond donors (Lipinski definition) is 1. The third kappa shape index (κ3) is 1.72. The summed E-state index contributed by atoms with van der Waals surface area (Å²) in [6, 6.07) is 0. The molecule has 0 aromatic carbocycles. The lowest BCUT2D eigenvalue weighted by atomic mass is 9.88. The van der Waals surface area contributed by atoms with Crippen LogP contribution < -0.4 is 0 Å². The maximum Gasteiger partial charge on any atom is 0.155 e. The van der Waals surface area contributed by atoms with Crippen molar-refractivity contribution in [2.45, 2.75) is 31.1 Å². The average Bonchev–Trinajstić information content (AvgIpc) is 2.22. The summed E-state index contributed by atoms with van der Waals surface area (Å²) >= 11 is 5.51. The SMILES string of the molecule is CC1(C)C(C(O)CCl)CCS1(=O)=O. The van der Waals surface area contributed by atoms with E-state index in [2.05, 4.69) is 0 Å². The smallest absolute Gasteiger partial charge is 0.155 e. The Hall–Kier alpha value is 0.200. The van der Waals surface area contributed by atoms with Gasteiger partial charge in [-0.2, -0.15) is 0 Å². The molecule has 0 radical (unpaired) electrons. The van der Waals surface area contributed by atoms with E-state index in [0.717, 1.165) is 0 Å². The van der Waals surface area contributed by atoms with Gasteiger partial charge in [0.05, 0.1) is 16.6 Å². The van der Waals surface area contributed by atoms with Crippen molar-refractivity contribution in [3.8, 4) is 0 Å². The molecule has 1 heterocycles. The van der Waals surface area contributed by atoms with Crippen LogP contribution in [0, 0.1) is 5.92 Å². The summed E-state index contributed by atoms with van der Waals surface area (Å²) in [6.07, 6.45) is -0.197. The molecule has 0 amide bonds. The molecule has 1 saturated heterocycles. The molecule has 0 saturated carbocycles. The van der Waals surface area contributed by atoms with Gasteiger partial charge >= 0.3 is 0 Å². The van der Waals surface area contributed by atoms with Crippen molar-refractivity contribution in [3.05, 3.63) is 0 Å². The van der Waals surface area contributed by atoms with Crippen molar-refractivity contribution in [1.82, 2.24) is 0 Å². The molecule has 2 atom stereocenters. The predicted molar refractivity (Wildman–Crippen MR) is 52.7 cm³/mol. The second-order valence-electron chi connectivity index (χ2n) is 4.04. The fraction of sp³-hybridized carbons (Fsp3) is 1.00. The number of aliphatic hydroxyl groups is 1. The zero-order valence-corrected chi connectivity index (χ0v) is 9.40. The molecule has 1 aliphatic rings. The summed E-state index contributed by atoms with van der Waals surface area (Å²) in [5, 5.41) is 9.53. The lowest BCUT2D eigenvalue weighted by molar-refractivity contribution is 0.113. The van der Waals surface area contributed by atoms with Gasteiger partial charge in [-0.1, -0.05) is 0 Å². The van der Waals surface area contributed by atoms with Crippen LogP contribution in [-0.4, -0.2) is 36.0 Å². The van der Waals surface area contributed by atoms with Gasteiger partial charge in [0, 0.05) is 11.8 Å². The van der Waals surface area contributed by atoms with Crippen LogP contribution in [-0.2, 0) is 9.84 Å². The third-order valence-electron chi connectivity index (χ3n) is 3.01. The highest BCUT2D eigenvalue weighted by molar-refractivity contribution is 7.93. The van der Waals surface area contributed by atoms with Crippen LogP contribution in [0.1, 0.15) is 20.3 Å². The van der Waals surface area contributed by atoms with Crippen molar-refractivity contribution in [3.63, 3.8) is 0 Å². The van der Waals surface area contributed by atoms with Gasteiger partial charge in [0.2, 0.25) is 0 Å². The zero-order chi connectivity index (χ0) is 10.3. The van der Waals surface area contributed by atoms with Gasteiger partial charge in [-0.3, -0.25) is 0 Å². The van der Waals surface area contributed by atoms with Crippen LogP contribution in [0.25, 0.3) is 0 Å². The predicted octanol–water partition coefficient (Wildman–Crippen LogP) is 0.799. The Bertz CT molecular complexity index is 284. The first-order valence-corrected chi connectivity index (χ1v) is 6.48. The first-order valence-electron chi connectivity index (χ1n) is 4.29. The zero-order valence-electron chi connectivity index (χ0n) is 7.83. The first kappa shape index (κ1) is 11.3. The Kier molecular flexibility index (Phi) is 2.95. The van der Waals surface area contributed by atoms with Gasteiger partial charge < -0.3 is 5.11 Å². The van der Waals surface area contributed by atoms with Gasteiger partial charge in [0.1, 0.15) is 0 Å². The van der Waals surface area contributed by atoms with Crippen molar-refractivity contribution >= 4 is 21.4 Å². The van der Waals surface area contributed by atoms with Crippen molar-refractivity contribution in [2.24, 2.45) is 5.92 Å². The maximum atomic E-state index is 11.6. The molecule has 78 valence electrons. The lowest BCUT2D eigenvalue weighted by Crippen LogP contribution is -2.40. The van der Waals surface area contributed by atoms with E-state index >= 15 is 0 Å². The second kappa shape index (κ2) is 3.41. The van der Waals surface area contributed by atoms with E-state index in [4.69, 9.17) is 11.6 Å². The highest BCUT2D eigenvalue weighted by Crippen LogP contribution is 2.39. The van der Waals surface area contributed by atoms with E-state index in [9.17, 15) is 13.5 Å². The van der Waals surface area contributed by atoms with Crippen molar-refractivity contribution in [2.75, 3.05) is 11.6 Å². The Morgan fingerprint density at radius 3 is 2.46 bits per heavy atom. The molecule has 0 aromatic rings. The quantitative estimate of drug-likeness (QED) is 0.709. The van der Waals surface area contributed by atoms with E-state index in [-0.39, 0.29) is 17.6 Å². The van der Waals surface area contributed by atoms with Crippen molar-refractivity contribution in [1.29, 1.82) is 0 Å². The highest BCUT2D eigenvalue weighted by Gasteiger charge is 2.49. The Morgan fingerprint density at radius 2 is 2.15 bits per heavy atom. The molecular weight excluding hydrogens is 212 g/mol. The fourth-order valence-electron chi connectivity index (χ4n) is 1.89. The molecule has 5 heteroatoms. The monoisotopic (exact) mass is 226 g/mol. The van der Waals surface area contributed by atoms with Crippen LogP contribution in [0.2, 0.25) is 0 Å². The highest BCUT2D eigenvalue weighted by atomic mass is 35.5. The van der Waals surface area contributed by atoms with Gasteiger partial charge in [0.25, 0.3) is 0 Å². The molecule has 0 aliphatic carbocycles. The molecule has 2 unspecified atom stereocenters. The summed E-state index contributed by atoms with van der Waals surface area (Å²) in [7, 11) is -3.05. The Morgan fingerprint density at radius 1 is 1.62 bits per heavy atom. The van der Waals surface area contributed by atoms with Crippen LogP contribution in [0.5, 0.6) is 0 Å². The number of rotatable bonds is 2. The van der Waals surface area contributed by atoms with E-state index in [0.29, 0.717) is 6.42 Å². The topological polar surface area (TPSA) is 54.4 Å². The minimum atomic E-state index is -3.05. The number of halogens is 1. The van der Waals surface area contributed by atoms with Crippen LogP contribution in [0.15, 0.2) is 0 Å². The molecule has 1 rings (SSSR count). The molecule has 0 spiro atoms. The minimum absolute atomic E-state index is 0.101. The number of alkyl halides is 1. The lowest BCUT2D eigenvalue weighted by Gasteiger charge is -2.28. The molecule has 0 bridgehead atoms. The average molecular weight is 227 g/mol. The van der Waals surface area contributed by atoms with E-state index in [1.54, 1.807) is 13.8 Å². The van der Waals surface area contributed by atoms with Crippen LogP contribution in [0.3, 0.4) is 0 Å². The van der Waals surface area contributed by atoms with Gasteiger partial charge in [-0.05, 0) is 20.3 Å². The summed E-state index contributed by atoms with van der Waals surface area (Å²) in [4.78, 5) is 0. The third-order valence-corrected chi connectivity index (χ3v) is 6.01. The largest absolute Gasteiger partial charge is 0.392 e. The molecule has 0 aromatic heterocycles. The maximum absolute atomic E-state index is 11.6. The van der Waals surface area contributed by atoms with Crippen LogP contribution in [0.4, 0.5) is 0 Å². The minimum Gasteiger partial charge on any atom is -0.392 e. The second-order valence-corrected chi connectivity index (χ2v) is 7.04. The van der Waals surface area contributed by atoms with Crippen LogP contribution >= 0.6 is 11.6 Å². The standard InChI is InChI=1S/C8H15ClO3S/c1-8(2)6(7(10)5-9)3-4-13(8,11)12/h6-7,10H,3-5H2,1-2H3. The van der Waals surface area contributed by atoms with E-state index in [1.807, 2.05) is 0 Å². The summed E-state index contributed by atoms with van der Waals surface area (Å²) in [5.41, 5.74) is 0. The summed E-state index contributed by atoms with van der Waals surface area (Å²) in [6.45, 7) is 3.32. The summed E-state index contributed by atoms with van der Waals surface area (Å²) in [5.74, 6) is 0.0393. The number of hydrogen-bond acceptors (Lipinski definition) is 3. The van der Waals surface area contributed by atoms with Gasteiger partial charge in [0.15, 0.2) is 9.84 Å². The first-order chi connectivity index (χ1) is 5.83. The molecule has 3 nitrogen and oxygen atoms in total. The fourth-order valence-corrected chi connectivity index (χ4v) is 3.93. The number of aliphatic hydroxyl groups excluding tert-OH is 1. The van der Waals surface area contributed by atoms with Gasteiger partial charge in [-0.15, -0.1) is 11.6 Å². The molecule has 1 aliphatic heterocycles. The Labute approximate surface area is 84.0 Å². The van der Waals surface area contributed by atoms with Crippen molar-refractivity contribution < 1.29 is 13.5 Å². The number of sulfone groups is 1.